The first kappa shape index (κ1) is 10.6. The van der Waals surface area contributed by atoms with E-state index in [4.69, 9.17) is 4.74 Å². The van der Waals surface area contributed by atoms with Crippen LogP contribution in [0, 0.1) is 0 Å². The fourth-order valence-electron chi connectivity index (χ4n) is 0.663. The smallest absolute Gasteiger partial charge is 0.306 e. The molecule has 66 valence electrons. The van der Waals surface area contributed by atoms with Crippen LogP contribution < -0.4 is 0 Å². The van der Waals surface area contributed by atoms with Crippen molar-refractivity contribution in [2.75, 3.05) is 12.5 Å². The van der Waals surface area contributed by atoms with Gasteiger partial charge in [0.25, 0.3) is 0 Å². The Morgan fingerprint density at radius 2 is 2.00 bits per heavy atom. The van der Waals surface area contributed by atoms with Crippen LogP contribution >= 0.6 is 0 Å². The second kappa shape index (κ2) is 5.29. The minimum atomic E-state index is -0.611. The van der Waals surface area contributed by atoms with E-state index in [1.165, 1.54) is 0 Å². The molecule has 1 saturated heterocycles. The van der Waals surface area contributed by atoms with Crippen LogP contribution in [0.25, 0.3) is 0 Å². The van der Waals surface area contributed by atoms with Gasteiger partial charge in [-0.2, -0.15) is 0 Å². The molecule has 1 unspecified atom stereocenters. The number of esters is 1. The molecule has 1 atom stereocenters. The highest BCUT2D eigenvalue weighted by atomic mass is 32.2. The lowest BCUT2D eigenvalue weighted by atomic mass is 10.3. The zero-order chi connectivity index (χ0) is 8.85. The van der Waals surface area contributed by atoms with E-state index in [9.17, 15) is 9.00 Å². The molecule has 1 heterocycles. The van der Waals surface area contributed by atoms with E-state index >= 15 is 0 Å². The molecule has 1 aliphatic heterocycles. The molecule has 0 saturated carbocycles. The summed E-state index contributed by atoms with van der Waals surface area (Å²) in [5.41, 5.74) is 0. The highest BCUT2D eigenvalue weighted by Crippen LogP contribution is 2.11. The second-order valence-electron chi connectivity index (χ2n) is 2.58. The molecule has 0 aromatic carbocycles. The number of cyclic esters (lactones) is 1. The molecule has 0 N–H and O–H groups in total. The lowest BCUT2D eigenvalue weighted by Gasteiger charge is -1.95. The highest BCUT2D eigenvalue weighted by molar-refractivity contribution is 7.83. The van der Waals surface area contributed by atoms with Crippen LogP contribution in [0.4, 0.5) is 0 Å². The molecule has 1 fully saturated rings. The normalized spacial score (nSPS) is 22.5. The third-order valence-corrected chi connectivity index (χ3v) is 1.09. The van der Waals surface area contributed by atoms with Crippen molar-refractivity contribution in [3.63, 3.8) is 0 Å². The van der Waals surface area contributed by atoms with Crippen LogP contribution in [0.5, 0.6) is 0 Å². The number of ether oxygens (including phenoxy) is 1. The average Bonchev–Trinajstić information content (AvgIpc) is 2.13. The fraction of sp³-hybridized carbons (Fsp3) is 0.857. The summed E-state index contributed by atoms with van der Waals surface area (Å²) < 4.78 is 14.3. The quantitative estimate of drug-likeness (QED) is 0.513. The van der Waals surface area contributed by atoms with Gasteiger partial charge >= 0.3 is 5.97 Å². The predicted molar refractivity (Wildman–Crippen MR) is 44.8 cm³/mol. The van der Waals surface area contributed by atoms with Gasteiger partial charge in [-0.1, -0.05) is 0 Å². The minimum absolute atomic E-state index is 0.0486. The van der Waals surface area contributed by atoms with Crippen LogP contribution in [0.3, 0.4) is 0 Å². The summed E-state index contributed by atoms with van der Waals surface area (Å²) in [5, 5.41) is 0. The van der Waals surface area contributed by atoms with Crippen molar-refractivity contribution in [3.05, 3.63) is 0 Å². The molecular weight excluding hydrogens is 164 g/mol. The van der Waals surface area contributed by atoms with Crippen molar-refractivity contribution < 1.29 is 13.7 Å². The first-order valence-corrected chi connectivity index (χ1v) is 5.43. The molecule has 1 aliphatic rings. The van der Waals surface area contributed by atoms with Gasteiger partial charge in [-0.15, -0.1) is 0 Å². The van der Waals surface area contributed by atoms with E-state index in [0.717, 1.165) is 6.42 Å². The van der Waals surface area contributed by atoms with E-state index in [0.29, 0.717) is 6.42 Å². The van der Waals surface area contributed by atoms with Crippen LogP contribution in [0.2, 0.25) is 0 Å². The van der Waals surface area contributed by atoms with Crippen LogP contribution in [-0.2, 0) is 20.3 Å². The lowest BCUT2D eigenvalue weighted by molar-refractivity contribution is -0.140. The summed E-state index contributed by atoms with van der Waals surface area (Å²) in [5.74, 6) is -0.0486. The Kier molecular flexibility index (Phi) is 5.11. The summed E-state index contributed by atoms with van der Waals surface area (Å²) >= 11 is 0. The van der Waals surface area contributed by atoms with Gasteiger partial charge in [0.05, 0.1) is 6.10 Å². The van der Waals surface area contributed by atoms with Crippen LogP contribution in [0.15, 0.2) is 0 Å². The second-order valence-corrected chi connectivity index (χ2v) is 4.06. The number of carbonyl (C=O) groups excluding carboxylic acids is 1. The summed E-state index contributed by atoms with van der Waals surface area (Å²) in [6.45, 7) is 1.91. The minimum Gasteiger partial charge on any atom is -0.463 e. The van der Waals surface area contributed by atoms with Gasteiger partial charge in [0.1, 0.15) is 0 Å². The summed E-state index contributed by atoms with van der Waals surface area (Å²) in [4.78, 5) is 10.2. The Balaban J connectivity index is 0.000000218. The Morgan fingerprint density at radius 3 is 2.09 bits per heavy atom. The molecule has 0 amide bonds. The first-order valence-electron chi connectivity index (χ1n) is 3.47. The van der Waals surface area contributed by atoms with Crippen molar-refractivity contribution in [1.82, 2.24) is 0 Å². The Morgan fingerprint density at radius 1 is 1.55 bits per heavy atom. The largest absolute Gasteiger partial charge is 0.463 e. The Bertz CT molecular complexity index is 152. The molecule has 0 aliphatic carbocycles. The van der Waals surface area contributed by atoms with Crippen molar-refractivity contribution in [3.8, 4) is 0 Å². The molecule has 1 rings (SSSR count). The molecule has 0 radical (unpaired) electrons. The zero-order valence-electron chi connectivity index (χ0n) is 7.12. The monoisotopic (exact) mass is 178 g/mol. The van der Waals surface area contributed by atoms with Crippen molar-refractivity contribution in [1.29, 1.82) is 0 Å². The molecule has 0 spiro atoms. The Hall–Kier alpha value is -0.380. The first-order chi connectivity index (χ1) is 5.02. The third kappa shape index (κ3) is 7.52. The van der Waals surface area contributed by atoms with Gasteiger partial charge in [0, 0.05) is 29.7 Å². The molecule has 0 aromatic rings. The summed E-state index contributed by atoms with van der Waals surface area (Å²) in [6, 6.07) is 0. The molecule has 0 bridgehead atoms. The maximum Gasteiger partial charge on any atom is 0.306 e. The SMILES string of the molecule is CC1CCC(=O)O1.CS(C)=O. The number of rotatable bonds is 0. The maximum absolute atomic E-state index is 10.2. The molecule has 11 heavy (non-hydrogen) atoms. The maximum atomic E-state index is 10.2. The van der Waals surface area contributed by atoms with E-state index in [1.807, 2.05) is 6.92 Å². The molecule has 0 aromatic heterocycles. The lowest BCUT2D eigenvalue weighted by Crippen LogP contribution is -1.98. The standard InChI is InChI=1S/C5H8O2.C2H6OS/c1-4-2-3-5(6)7-4;1-4(2)3/h4H,2-3H2,1H3;1-2H3. The van der Waals surface area contributed by atoms with E-state index in [-0.39, 0.29) is 12.1 Å². The predicted octanol–water partition coefficient (Wildman–Crippen LogP) is 0.707. The third-order valence-electron chi connectivity index (χ3n) is 1.09. The van der Waals surface area contributed by atoms with Crippen LogP contribution in [-0.4, -0.2) is 28.8 Å². The summed E-state index contributed by atoms with van der Waals surface area (Å²) in [6.07, 6.45) is 4.97. The van der Waals surface area contributed by atoms with Gasteiger partial charge in [-0.05, 0) is 13.3 Å². The number of hydrogen-bond donors (Lipinski definition) is 0. The van der Waals surface area contributed by atoms with Crippen molar-refractivity contribution >= 4 is 16.8 Å². The van der Waals surface area contributed by atoms with Gasteiger partial charge in [0.15, 0.2) is 0 Å². The fourth-order valence-corrected chi connectivity index (χ4v) is 0.663. The van der Waals surface area contributed by atoms with Crippen LogP contribution in [0.1, 0.15) is 19.8 Å². The average molecular weight is 178 g/mol. The van der Waals surface area contributed by atoms with E-state index < -0.39 is 10.8 Å². The van der Waals surface area contributed by atoms with Crippen molar-refractivity contribution in [2.24, 2.45) is 0 Å². The number of carbonyl (C=O) groups is 1. The summed E-state index contributed by atoms with van der Waals surface area (Å²) in [7, 11) is -0.611. The van der Waals surface area contributed by atoms with Gasteiger partial charge in [-0.25, -0.2) is 0 Å². The Labute approximate surface area is 69.6 Å². The molecule has 4 heteroatoms. The van der Waals surface area contributed by atoms with E-state index in [1.54, 1.807) is 12.5 Å². The molecule has 3 nitrogen and oxygen atoms in total. The van der Waals surface area contributed by atoms with Gasteiger partial charge < -0.3 is 4.74 Å². The van der Waals surface area contributed by atoms with Gasteiger partial charge in [-0.3, -0.25) is 9.00 Å². The zero-order valence-corrected chi connectivity index (χ0v) is 7.94. The molecular formula is C7H14O3S. The number of hydrogen-bond acceptors (Lipinski definition) is 3. The van der Waals surface area contributed by atoms with E-state index in [2.05, 4.69) is 0 Å². The van der Waals surface area contributed by atoms with Gasteiger partial charge in [0.2, 0.25) is 0 Å². The van der Waals surface area contributed by atoms with Crippen molar-refractivity contribution in [2.45, 2.75) is 25.9 Å². The highest BCUT2D eigenvalue weighted by Gasteiger charge is 2.17. The topological polar surface area (TPSA) is 43.4 Å².